The Hall–Kier alpha value is -3.10. The average Bonchev–Trinajstić information content (AvgIpc) is 2.70. The lowest BCUT2D eigenvalue weighted by Crippen LogP contribution is -2.20. The van der Waals surface area contributed by atoms with Gasteiger partial charge in [-0.2, -0.15) is 0 Å². The molecule has 0 saturated carbocycles. The van der Waals surface area contributed by atoms with Crippen molar-refractivity contribution in [3.63, 3.8) is 0 Å². The highest BCUT2D eigenvalue weighted by Crippen LogP contribution is 2.25. The molecule has 0 aliphatic rings. The first kappa shape index (κ1) is 20.6. The Balaban J connectivity index is 1.85. The highest BCUT2D eigenvalue weighted by Gasteiger charge is 2.18. The summed E-state index contributed by atoms with van der Waals surface area (Å²) in [5.74, 6) is 0.115. The van der Waals surface area contributed by atoms with Crippen LogP contribution in [-0.4, -0.2) is 33.4 Å². The number of hydrogen-bond donors (Lipinski definition) is 2. The molecule has 0 aliphatic heterocycles. The van der Waals surface area contributed by atoms with Crippen molar-refractivity contribution in [2.75, 3.05) is 29.0 Å². The molecule has 0 radical (unpaired) electrons. The van der Waals surface area contributed by atoms with Gasteiger partial charge in [0.05, 0.1) is 21.2 Å². The molecule has 0 spiro atoms. The first-order valence-corrected chi connectivity index (χ1v) is 10.4. The lowest BCUT2D eigenvalue weighted by molar-refractivity contribution is 0.102. The molecule has 0 aliphatic carbocycles. The van der Waals surface area contributed by atoms with Crippen LogP contribution in [0.2, 0.25) is 5.02 Å². The highest BCUT2D eigenvalue weighted by atomic mass is 35.5. The van der Waals surface area contributed by atoms with Crippen LogP contribution in [0.1, 0.15) is 10.4 Å². The fourth-order valence-electron chi connectivity index (χ4n) is 2.62. The third-order valence-electron chi connectivity index (χ3n) is 3.98. The van der Waals surface area contributed by atoms with Crippen LogP contribution in [-0.2, 0) is 10.0 Å². The van der Waals surface area contributed by atoms with E-state index in [1.807, 2.05) is 0 Å². The van der Waals surface area contributed by atoms with Crippen molar-refractivity contribution >= 4 is 44.7 Å². The van der Waals surface area contributed by atoms with Crippen LogP contribution in [0.4, 0.5) is 17.2 Å². The summed E-state index contributed by atoms with van der Waals surface area (Å²) in [6.07, 6.45) is 1.60. The van der Waals surface area contributed by atoms with Crippen LogP contribution in [0.5, 0.6) is 0 Å². The Morgan fingerprint density at radius 2 is 1.79 bits per heavy atom. The molecule has 0 unspecified atom stereocenters. The monoisotopic (exact) mass is 430 g/mol. The minimum atomic E-state index is -3.89. The minimum absolute atomic E-state index is 0.00533. The number of rotatable bonds is 6. The Morgan fingerprint density at radius 3 is 2.52 bits per heavy atom. The van der Waals surface area contributed by atoms with Gasteiger partial charge < -0.3 is 10.2 Å². The fraction of sp³-hybridized carbons (Fsp3) is 0.100. The number of halogens is 1. The molecule has 150 valence electrons. The largest absolute Gasteiger partial charge is 0.362 e. The first-order chi connectivity index (χ1) is 13.8. The lowest BCUT2D eigenvalue weighted by Gasteiger charge is -2.16. The molecule has 1 amide bonds. The highest BCUT2D eigenvalue weighted by molar-refractivity contribution is 7.92. The van der Waals surface area contributed by atoms with Crippen LogP contribution in [0.3, 0.4) is 0 Å². The van der Waals surface area contributed by atoms with E-state index in [0.717, 1.165) is 0 Å². The zero-order chi connectivity index (χ0) is 21.0. The normalized spacial score (nSPS) is 11.0. The van der Waals surface area contributed by atoms with Gasteiger partial charge in [0, 0.05) is 26.0 Å². The van der Waals surface area contributed by atoms with Gasteiger partial charge in [0.2, 0.25) is 0 Å². The molecular formula is C20H19ClN4O3S. The van der Waals surface area contributed by atoms with Gasteiger partial charge in [0.1, 0.15) is 5.82 Å². The van der Waals surface area contributed by atoms with E-state index in [1.54, 1.807) is 73.7 Å². The maximum absolute atomic E-state index is 12.7. The summed E-state index contributed by atoms with van der Waals surface area (Å²) < 4.78 is 27.9. The number of hydrogen-bond acceptors (Lipinski definition) is 5. The van der Waals surface area contributed by atoms with Gasteiger partial charge in [-0.3, -0.25) is 9.52 Å². The quantitative estimate of drug-likeness (QED) is 0.619. The van der Waals surface area contributed by atoms with Crippen molar-refractivity contribution in [3.8, 4) is 0 Å². The predicted octanol–water partition coefficient (Wildman–Crippen LogP) is 3.85. The van der Waals surface area contributed by atoms with Gasteiger partial charge in [-0.05, 0) is 42.5 Å². The van der Waals surface area contributed by atoms with E-state index in [0.29, 0.717) is 17.1 Å². The second-order valence-electron chi connectivity index (χ2n) is 6.34. The Morgan fingerprint density at radius 1 is 1.03 bits per heavy atom. The number of benzene rings is 2. The van der Waals surface area contributed by atoms with Crippen LogP contribution >= 0.6 is 11.6 Å². The molecule has 3 aromatic rings. The molecule has 0 bridgehead atoms. The molecule has 9 heteroatoms. The summed E-state index contributed by atoms with van der Waals surface area (Å²) in [5, 5.41) is 3.00. The molecular weight excluding hydrogens is 412 g/mol. The summed E-state index contributed by atoms with van der Waals surface area (Å²) in [5.41, 5.74) is 0.986. The van der Waals surface area contributed by atoms with Crippen LogP contribution in [0, 0.1) is 0 Å². The number of para-hydroxylation sites is 1. The Labute approximate surface area is 174 Å². The number of nitrogens with one attached hydrogen (secondary N) is 2. The van der Waals surface area contributed by atoms with Crippen molar-refractivity contribution in [2.45, 2.75) is 4.90 Å². The first-order valence-electron chi connectivity index (χ1n) is 8.59. The number of carbonyl (C=O) groups is 1. The summed E-state index contributed by atoms with van der Waals surface area (Å²) >= 11 is 6.03. The molecule has 1 heterocycles. The molecule has 0 atom stereocenters. The van der Waals surface area contributed by atoms with Gasteiger partial charge in [-0.25, -0.2) is 13.4 Å². The number of sulfonamides is 1. The van der Waals surface area contributed by atoms with E-state index < -0.39 is 15.9 Å². The molecule has 1 aromatic heterocycles. The van der Waals surface area contributed by atoms with Crippen molar-refractivity contribution in [2.24, 2.45) is 0 Å². The molecule has 0 fully saturated rings. The number of aromatic nitrogens is 1. The van der Waals surface area contributed by atoms with Crippen LogP contribution < -0.4 is 14.9 Å². The van der Waals surface area contributed by atoms with E-state index in [1.165, 1.54) is 12.1 Å². The fourth-order valence-corrected chi connectivity index (χ4v) is 3.98. The van der Waals surface area contributed by atoms with Crippen LogP contribution in [0.25, 0.3) is 0 Å². The van der Waals surface area contributed by atoms with Crippen LogP contribution in [0.15, 0.2) is 71.8 Å². The van der Waals surface area contributed by atoms with Crippen molar-refractivity contribution in [1.82, 2.24) is 4.98 Å². The van der Waals surface area contributed by atoms with E-state index in [9.17, 15) is 13.2 Å². The second-order valence-corrected chi connectivity index (χ2v) is 8.43. The van der Waals surface area contributed by atoms with Gasteiger partial charge in [0.15, 0.2) is 0 Å². The molecule has 2 aromatic carbocycles. The number of carbonyl (C=O) groups excluding carboxylic acids is 1. The maximum atomic E-state index is 12.7. The zero-order valence-corrected chi connectivity index (χ0v) is 17.3. The topological polar surface area (TPSA) is 91.4 Å². The predicted molar refractivity (Wildman–Crippen MR) is 115 cm³/mol. The van der Waals surface area contributed by atoms with Gasteiger partial charge >= 0.3 is 0 Å². The lowest BCUT2D eigenvalue weighted by atomic mass is 10.2. The standard InChI is InChI=1S/C20H19ClN4O3S/c1-25(2)19-16(9-6-12-22-19)20(26)23-14-7-5-8-15(13-14)29(27,28)24-18-11-4-3-10-17(18)21/h3-13,24H,1-2H3,(H,23,26). The van der Waals surface area contributed by atoms with Gasteiger partial charge in [-0.15, -0.1) is 0 Å². The Bertz CT molecular complexity index is 1150. The zero-order valence-electron chi connectivity index (χ0n) is 15.8. The minimum Gasteiger partial charge on any atom is -0.362 e. The SMILES string of the molecule is CN(C)c1ncccc1C(=O)Nc1cccc(S(=O)(=O)Nc2ccccc2Cl)c1. The third kappa shape index (κ3) is 4.85. The molecule has 0 saturated heterocycles. The van der Waals surface area contributed by atoms with E-state index in [-0.39, 0.29) is 15.6 Å². The second kappa shape index (κ2) is 8.50. The van der Waals surface area contributed by atoms with E-state index >= 15 is 0 Å². The molecule has 2 N–H and O–H groups in total. The number of anilines is 3. The Kier molecular flexibility index (Phi) is 6.05. The van der Waals surface area contributed by atoms with E-state index in [2.05, 4.69) is 15.0 Å². The van der Waals surface area contributed by atoms with E-state index in [4.69, 9.17) is 11.6 Å². The maximum Gasteiger partial charge on any atom is 0.262 e. The number of pyridine rings is 1. The van der Waals surface area contributed by atoms with Crippen molar-refractivity contribution in [1.29, 1.82) is 0 Å². The summed E-state index contributed by atoms with van der Waals surface area (Å²) in [4.78, 5) is 18.6. The summed E-state index contributed by atoms with van der Waals surface area (Å²) in [6, 6.07) is 15.8. The number of nitrogens with zero attached hydrogens (tertiary/aromatic N) is 2. The van der Waals surface area contributed by atoms with Crippen molar-refractivity contribution < 1.29 is 13.2 Å². The summed E-state index contributed by atoms with van der Waals surface area (Å²) in [7, 11) is -0.318. The summed E-state index contributed by atoms with van der Waals surface area (Å²) in [6.45, 7) is 0. The molecule has 7 nitrogen and oxygen atoms in total. The third-order valence-corrected chi connectivity index (χ3v) is 5.67. The molecule has 29 heavy (non-hydrogen) atoms. The smallest absolute Gasteiger partial charge is 0.262 e. The average molecular weight is 431 g/mol. The van der Waals surface area contributed by atoms with Gasteiger partial charge in [0.25, 0.3) is 15.9 Å². The van der Waals surface area contributed by atoms with Crippen molar-refractivity contribution in [3.05, 3.63) is 77.4 Å². The molecule has 3 rings (SSSR count). The van der Waals surface area contributed by atoms with Gasteiger partial charge in [-0.1, -0.05) is 29.8 Å². The number of amides is 1.